The molecule has 3 heteroatoms. The molecule has 0 radical (unpaired) electrons. The Labute approximate surface area is 113 Å². The molecule has 0 saturated carbocycles. The van der Waals surface area contributed by atoms with E-state index in [0.29, 0.717) is 12.0 Å². The van der Waals surface area contributed by atoms with Gasteiger partial charge in [0.05, 0.1) is 6.61 Å². The van der Waals surface area contributed by atoms with Crippen molar-refractivity contribution in [1.82, 2.24) is 0 Å². The number of anilines is 1. The highest BCUT2D eigenvalue weighted by Gasteiger charge is 2.10. The highest BCUT2D eigenvalue weighted by atomic mass is 79.9. The molecule has 96 valence electrons. The minimum absolute atomic E-state index is 0.362. The normalized spacial score (nSPS) is 11.6. The summed E-state index contributed by atoms with van der Waals surface area (Å²) in [6.45, 7) is 8.37. The van der Waals surface area contributed by atoms with Crippen molar-refractivity contribution in [3.8, 4) is 0 Å². The highest BCUT2D eigenvalue weighted by molar-refractivity contribution is 9.10. The molecular weight excluding hydrogens is 278 g/mol. The third kappa shape index (κ3) is 5.09. The van der Waals surface area contributed by atoms with Crippen LogP contribution in [0.25, 0.3) is 0 Å². The fourth-order valence-electron chi connectivity index (χ4n) is 1.59. The number of halogens is 1. The minimum Gasteiger partial charge on any atom is -0.385 e. The average molecular weight is 300 g/mol. The van der Waals surface area contributed by atoms with E-state index < -0.39 is 0 Å². The van der Waals surface area contributed by atoms with Crippen LogP contribution in [0.15, 0.2) is 22.7 Å². The quantitative estimate of drug-likeness (QED) is 0.867. The maximum absolute atomic E-state index is 5.23. The van der Waals surface area contributed by atoms with Crippen LogP contribution in [0.3, 0.4) is 0 Å². The van der Waals surface area contributed by atoms with Gasteiger partial charge in [0.15, 0.2) is 0 Å². The van der Waals surface area contributed by atoms with E-state index in [1.165, 1.54) is 5.56 Å². The zero-order chi connectivity index (χ0) is 12.9. The lowest BCUT2D eigenvalue weighted by Crippen LogP contribution is -2.13. The summed E-state index contributed by atoms with van der Waals surface area (Å²) in [5.74, 6) is 0. The van der Waals surface area contributed by atoms with Crippen molar-refractivity contribution in [3.05, 3.63) is 28.2 Å². The molecule has 0 spiro atoms. The lowest BCUT2D eigenvalue weighted by Gasteiger charge is -2.20. The Morgan fingerprint density at radius 2 is 2.00 bits per heavy atom. The Kier molecular flexibility index (Phi) is 5.47. The fourth-order valence-corrected chi connectivity index (χ4v) is 2.07. The molecule has 0 fully saturated rings. The zero-order valence-corrected chi connectivity index (χ0v) is 12.7. The Bertz CT molecular complexity index is 358. The van der Waals surface area contributed by atoms with E-state index in [0.717, 1.165) is 23.1 Å². The van der Waals surface area contributed by atoms with E-state index >= 15 is 0 Å². The standard InChI is InChI=1S/C14H22BrNO/c1-14(2,3)8-9-16-13-7-5-6-12(15)11(13)10-17-4/h5-7,16H,8-10H2,1-4H3. The summed E-state index contributed by atoms with van der Waals surface area (Å²) in [6, 6.07) is 6.19. The summed E-state index contributed by atoms with van der Waals surface area (Å²) < 4.78 is 6.32. The number of nitrogens with one attached hydrogen (secondary N) is 1. The second kappa shape index (κ2) is 6.41. The number of hydrogen-bond acceptors (Lipinski definition) is 2. The second-order valence-electron chi connectivity index (χ2n) is 5.44. The van der Waals surface area contributed by atoms with E-state index in [9.17, 15) is 0 Å². The van der Waals surface area contributed by atoms with E-state index in [1.807, 2.05) is 12.1 Å². The Balaban J connectivity index is 2.67. The van der Waals surface area contributed by atoms with Crippen LogP contribution in [0.1, 0.15) is 32.8 Å². The molecule has 0 amide bonds. The molecule has 0 aliphatic rings. The zero-order valence-electron chi connectivity index (χ0n) is 11.1. The van der Waals surface area contributed by atoms with E-state index in [-0.39, 0.29) is 0 Å². The van der Waals surface area contributed by atoms with Crippen LogP contribution in [0.2, 0.25) is 0 Å². The lowest BCUT2D eigenvalue weighted by molar-refractivity contribution is 0.185. The molecule has 0 heterocycles. The molecule has 0 unspecified atom stereocenters. The maximum atomic E-state index is 5.23. The molecule has 0 bridgehead atoms. The molecular formula is C14H22BrNO. The Hall–Kier alpha value is -0.540. The van der Waals surface area contributed by atoms with Crippen LogP contribution >= 0.6 is 15.9 Å². The van der Waals surface area contributed by atoms with Gasteiger partial charge in [-0.05, 0) is 24.0 Å². The van der Waals surface area contributed by atoms with Crippen molar-refractivity contribution in [3.63, 3.8) is 0 Å². The van der Waals surface area contributed by atoms with E-state index in [4.69, 9.17) is 4.74 Å². The number of benzene rings is 1. The second-order valence-corrected chi connectivity index (χ2v) is 6.29. The van der Waals surface area contributed by atoms with Gasteiger partial charge in [0, 0.05) is 29.4 Å². The summed E-state index contributed by atoms with van der Waals surface area (Å²) in [5.41, 5.74) is 2.70. The molecule has 17 heavy (non-hydrogen) atoms. The molecule has 0 aromatic heterocycles. The van der Waals surface area contributed by atoms with Gasteiger partial charge >= 0.3 is 0 Å². The Morgan fingerprint density at radius 1 is 1.29 bits per heavy atom. The molecule has 1 N–H and O–H groups in total. The predicted octanol–water partition coefficient (Wildman–Crippen LogP) is 4.44. The van der Waals surface area contributed by atoms with Gasteiger partial charge in [0.2, 0.25) is 0 Å². The number of rotatable bonds is 5. The van der Waals surface area contributed by atoms with Crippen LogP contribution in [0, 0.1) is 5.41 Å². The first-order valence-corrected chi connectivity index (χ1v) is 6.73. The van der Waals surface area contributed by atoms with E-state index in [1.54, 1.807) is 7.11 Å². The van der Waals surface area contributed by atoms with Gasteiger partial charge in [0.25, 0.3) is 0 Å². The molecule has 2 nitrogen and oxygen atoms in total. The van der Waals surface area contributed by atoms with Crippen molar-refractivity contribution in [2.45, 2.75) is 33.8 Å². The molecule has 1 rings (SSSR count). The minimum atomic E-state index is 0.362. The van der Waals surface area contributed by atoms with Gasteiger partial charge in [-0.25, -0.2) is 0 Å². The van der Waals surface area contributed by atoms with E-state index in [2.05, 4.69) is 48.1 Å². The summed E-state index contributed by atoms with van der Waals surface area (Å²) >= 11 is 3.56. The third-order valence-corrected chi connectivity index (χ3v) is 3.34. The lowest BCUT2D eigenvalue weighted by atomic mass is 9.92. The third-order valence-electron chi connectivity index (χ3n) is 2.60. The first kappa shape index (κ1) is 14.5. The number of hydrogen-bond donors (Lipinski definition) is 1. The summed E-state index contributed by atoms with van der Waals surface area (Å²) in [6.07, 6.45) is 1.14. The SMILES string of the molecule is COCc1c(Br)cccc1NCCC(C)(C)C. The predicted molar refractivity (Wildman–Crippen MR) is 77.4 cm³/mol. The van der Waals surface area contributed by atoms with Crippen LogP contribution in [0.5, 0.6) is 0 Å². The molecule has 0 atom stereocenters. The number of ether oxygens (including phenoxy) is 1. The molecule has 0 aliphatic heterocycles. The van der Waals surface area contributed by atoms with Crippen molar-refractivity contribution >= 4 is 21.6 Å². The van der Waals surface area contributed by atoms with Crippen molar-refractivity contribution < 1.29 is 4.74 Å². The monoisotopic (exact) mass is 299 g/mol. The van der Waals surface area contributed by atoms with Gasteiger partial charge in [-0.3, -0.25) is 0 Å². The molecule has 1 aromatic carbocycles. The van der Waals surface area contributed by atoms with Gasteiger partial charge in [-0.2, -0.15) is 0 Å². The summed E-state index contributed by atoms with van der Waals surface area (Å²) in [4.78, 5) is 0. The fraction of sp³-hybridized carbons (Fsp3) is 0.571. The van der Waals surface area contributed by atoms with Gasteiger partial charge in [-0.1, -0.05) is 42.8 Å². The highest BCUT2D eigenvalue weighted by Crippen LogP contribution is 2.26. The summed E-state index contributed by atoms with van der Waals surface area (Å²) in [7, 11) is 1.72. The van der Waals surface area contributed by atoms with Crippen molar-refractivity contribution in [2.24, 2.45) is 5.41 Å². The number of methoxy groups -OCH3 is 1. The van der Waals surface area contributed by atoms with Crippen molar-refractivity contribution in [1.29, 1.82) is 0 Å². The van der Waals surface area contributed by atoms with Gasteiger partial charge < -0.3 is 10.1 Å². The van der Waals surface area contributed by atoms with Crippen LogP contribution < -0.4 is 5.32 Å². The first-order chi connectivity index (χ1) is 7.94. The van der Waals surface area contributed by atoms with Gasteiger partial charge in [-0.15, -0.1) is 0 Å². The molecule has 0 aliphatic carbocycles. The van der Waals surface area contributed by atoms with Crippen LogP contribution in [0.4, 0.5) is 5.69 Å². The summed E-state index contributed by atoms with van der Waals surface area (Å²) in [5, 5.41) is 3.49. The maximum Gasteiger partial charge on any atom is 0.0744 e. The smallest absolute Gasteiger partial charge is 0.0744 e. The molecule has 0 saturated heterocycles. The largest absolute Gasteiger partial charge is 0.385 e. The topological polar surface area (TPSA) is 21.3 Å². The van der Waals surface area contributed by atoms with Gasteiger partial charge in [0.1, 0.15) is 0 Å². The Morgan fingerprint density at radius 3 is 2.59 bits per heavy atom. The molecule has 1 aromatic rings. The van der Waals surface area contributed by atoms with Crippen LogP contribution in [-0.2, 0) is 11.3 Å². The van der Waals surface area contributed by atoms with Crippen LogP contribution in [-0.4, -0.2) is 13.7 Å². The average Bonchev–Trinajstić information content (AvgIpc) is 2.21. The first-order valence-electron chi connectivity index (χ1n) is 5.94. The van der Waals surface area contributed by atoms with Crippen molar-refractivity contribution in [2.75, 3.05) is 19.0 Å².